The molecule has 3 atom stereocenters. The predicted molar refractivity (Wildman–Crippen MR) is 70.7 cm³/mol. The lowest BCUT2D eigenvalue weighted by atomic mass is 10.0. The van der Waals surface area contributed by atoms with Crippen molar-refractivity contribution < 1.29 is 18.8 Å². The Morgan fingerprint density at radius 3 is 2.33 bits per heavy atom. The summed E-state index contributed by atoms with van der Waals surface area (Å²) in [6.45, 7) is 3.26. The third-order valence-electron chi connectivity index (χ3n) is 2.53. The van der Waals surface area contributed by atoms with Crippen LogP contribution in [0.25, 0.3) is 0 Å². The standard InChI is InChI=1S/C13H17O4P/c1-9(8-11-6-4-3-5-7-11)12(14)16-10(2)13(15)17-18/h3-7,9-10H,8,18H2,1-2H3/t9-,10-/m0/s1. The molecule has 0 saturated carbocycles. The molecule has 1 unspecified atom stereocenters. The number of carbonyl (C=O) groups excluding carboxylic acids is 2. The summed E-state index contributed by atoms with van der Waals surface area (Å²) >= 11 is 0. The zero-order valence-corrected chi connectivity index (χ0v) is 11.6. The Labute approximate surface area is 109 Å². The topological polar surface area (TPSA) is 52.6 Å². The lowest BCUT2D eigenvalue weighted by Gasteiger charge is -2.15. The van der Waals surface area contributed by atoms with Gasteiger partial charge in [-0.3, -0.25) is 4.79 Å². The molecule has 0 heterocycles. The highest BCUT2D eigenvalue weighted by Gasteiger charge is 2.22. The molecule has 0 N–H and O–H groups in total. The molecule has 0 aromatic heterocycles. The molecule has 1 aromatic carbocycles. The molecule has 0 aliphatic carbocycles. The zero-order valence-electron chi connectivity index (χ0n) is 10.5. The number of hydrogen-bond donors (Lipinski definition) is 0. The van der Waals surface area contributed by atoms with Crippen molar-refractivity contribution in [3.8, 4) is 0 Å². The number of ether oxygens (including phenoxy) is 1. The normalized spacial score (nSPS) is 13.5. The minimum absolute atomic E-state index is 0.299. The number of hydrogen-bond acceptors (Lipinski definition) is 4. The maximum Gasteiger partial charge on any atom is 0.349 e. The number of rotatable bonds is 5. The number of carbonyl (C=O) groups is 2. The van der Waals surface area contributed by atoms with Crippen molar-refractivity contribution >= 4 is 21.4 Å². The van der Waals surface area contributed by atoms with Crippen molar-refractivity contribution in [2.24, 2.45) is 5.92 Å². The van der Waals surface area contributed by atoms with E-state index in [1.54, 1.807) is 6.92 Å². The highest BCUT2D eigenvalue weighted by atomic mass is 31.0. The smallest absolute Gasteiger partial charge is 0.349 e. The van der Waals surface area contributed by atoms with Gasteiger partial charge in [0.25, 0.3) is 0 Å². The molecule has 0 aliphatic rings. The van der Waals surface area contributed by atoms with Crippen molar-refractivity contribution in [2.75, 3.05) is 0 Å². The van der Waals surface area contributed by atoms with Crippen LogP contribution >= 0.6 is 9.47 Å². The molecule has 18 heavy (non-hydrogen) atoms. The average Bonchev–Trinajstić information content (AvgIpc) is 2.38. The van der Waals surface area contributed by atoms with Gasteiger partial charge in [0, 0.05) is 0 Å². The van der Waals surface area contributed by atoms with Crippen LogP contribution in [0, 0.1) is 5.92 Å². The van der Waals surface area contributed by atoms with Gasteiger partial charge in [-0.25, -0.2) is 4.79 Å². The highest BCUT2D eigenvalue weighted by Crippen LogP contribution is 2.11. The second-order valence-corrected chi connectivity index (χ2v) is 4.34. The van der Waals surface area contributed by atoms with E-state index in [2.05, 4.69) is 4.52 Å². The maximum atomic E-state index is 11.7. The molecular formula is C13H17O4P. The van der Waals surface area contributed by atoms with Gasteiger partial charge in [-0.05, 0) is 18.9 Å². The molecule has 0 fully saturated rings. The first-order valence-corrected chi connectivity index (χ1v) is 6.16. The van der Waals surface area contributed by atoms with Crippen molar-refractivity contribution in [1.29, 1.82) is 0 Å². The van der Waals surface area contributed by atoms with Crippen molar-refractivity contribution in [1.82, 2.24) is 0 Å². The molecule has 0 saturated heterocycles. The summed E-state index contributed by atoms with van der Waals surface area (Å²) in [6.07, 6.45) is -0.296. The fourth-order valence-electron chi connectivity index (χ4n) is 1.49. The minimum Gasteiger partial charge on any atom is -0.450 e. The van der Waals surface area contributed by atoms with Crippen molar-refractivity contribution in [3.63, 3.8) is 0 Å². The van der Waals surface area contributed by atoms with Crippen LogP contribution in [-0.2, 0) is 25.3 Å². The molecule has 0 spiro atoms. The summed E-state index contributed by atoms with van der Waals surface area (Å²) in [6, 6.07) is 9.65. The number of esters is 1. The van der Waals surface area contributed by atoms with Crippen molar-refractivity contribution in [3.05, 3.63) is 35.9 Å². The van der Waals surface area contributed by atoms with Gasteiger partial charge in [-0.15, -0.1) is 0 Å². The summed E-state index contributed by atoms with van der Waals surface area (Å²) in [4.78, 5) is 22.8. The molecular weight excluding hydrogens is 251 g/mol. The van der Waals surface area contributed by atoms with Crippen LogP contribution < -0.4 is 0 Å². The second-order valence-electron chi connectivity index (χ2n) is 4.11. The molecule has 1 rings (SSSR count). The third-order valence-corrected chi connectivity index (χ3v) is 2.76. The minimum atomic E-state index is -0.881. The fraction of sp³-hybridized carbons (Fsp3) is 0.385. The summed E-state index contributed by atoms with van der Waals surface area (Å²) < 4.78 is 9.42. The predicted octanol–water partition coefficient (Wildman–Crippen LogP) is 2.13. The lowest BCUT2D eigenvalue weighted by molar-refractivity contribution is -0.163. The summed E-state index contributed by atoms with van der Waals surface area (Å²) in [5.74, 6) is -1.28. The van der Waals surface area contributed by atoms with Gasteiger partial charge in [-0.1, -0.05) is 37.3 Å². The number of benzene rings is 1. The quantitative estimate of drug-likeness (QED) is 0.606. The Kier molecular flexibility index (Phi) is 5.79. The van der Waals surface area contributed by atoms with E-state index in [4.69, 9.17) is 4.74 Å². The largest absolute Gasteiger partial charge is 0.450 e. The Morgan fingerprint density at radius 2 is 1.78 bits per heavy atom. The molecule has 0 amide bonds. The van der Waals surface area contributed by atoms with Crippen LogP contribution in [0.2, 0.25) is 0 Å². The first kappa shape index (κ1) is 14.7. The van der Waals surface area contributed by atoms with E-state index < -0.39 is 18.0 Å². The van der Waals surface area contributed by atoms with Crippen LogP contribution in [0.1, 0.15) is 19.4 Å². The van der Waals surface area contributed by atoms with Crippen LogP contribution in [0.5, 0.6) is 0 Å². The van der Waals surface area contributed by atoms with E-state index in [1.807, 2.05) is 39.8 Å². The van der Waals surface area contributed by atoms with E-state index in [0.717, 1.165) is 5.56 Å². The Bertz CT molecular complexity index is 405. The monoisotopic (exact) mass is 268 g/mol. The van der Waals surface area contributed by atoms with E-state index in [-0.39, 0.29) is 5.92 Å². The summed E-state index contributed by atoms with van der Waals surface area (Å²) in [5.41, 5.74) is 1.06. The second kappa shape index (κ2) is 7.12. The molecule has 0 aliphatic heterocycles. The van der Waals surface area contributed by atoms with Gasteiger partial charge >= 0.3 is 11.9 Å². The van der Waals surface area contributed by atoms with Gasteiger partial charge < -0.3 is 9.26 Å². The zero-order chi connectivity index (χ0) is 13.5. The van der Waals surface area contributed by atoms with E-state index >= 15 is 0 Å². The van der Waals surface area contributed by atoms with E-state index in [9.17, 15) is 9.59 Å². The van der Waals surface area contributed by atoms with Crippen LogP contribution in [0.4, 0.5) is 0 Å². The SMILES string of the molecule is C[C@H](OC(=O)[C@@H](C)Cc1ccccc1)C(=O)OP. The van der Waals surface area contributed by atoms with Gasteiger partial charge in [0.05, 0.1) is 15.4 Å². The summed E-state index contributed by atoms with van der Waals surface area (Å²) in [5, 5.41) is 0. The van der Waals surface area contributed by atoms with Gasteiger partial charge in [-0.2, -0.15) is 0 Å². The molecule has 0 radical (unpaired) electrons. The van der Waals surface area contributed by atoms with Crippen LogP contribution in [-0.4, -0.2) is 18.0 Å². The van der Waals surface area contributed by atoms with Gasteiger partial charge in [0.2, 0.25) is 0 Å². The third kappa shape index (κ3) is 4.46. The fourth-order valence-corrected chi connectivity index (χ4v) is 1.68. The highest BCUT2D eigenvalue weighted by molar-refractivity contribution is 7.10. The Balaban J connectivity index is 2.49. The maximum absolute atomic E-state index is 11.7. The first-order valence-electron chi connectivity index (χ1n) is 5.69. The first-order chi connectivity index (χ1) is 8.54. The van der Waals surface area contributed by atoms with Gasteiger partial charge in [0.1, 0.15) is 0 Å². The Morgan fingerprint density at radius 1 is 1.17 bits per heavy atom. The van der Waals surface area contributed by atoms with Crippen molar-refractivity contribution in [2.45, 2.75) is 26.4 Å². The van der Waals surface area contributed by atoms with Gasteiger partial charge in [0.15, 0.2) is 6.10 Å². The molecule has 5 heteroatoms. The lowest BCUT2D eigenvalue weighted by Crippen LogP contribution is -2.28. The van der Waals surface area contributed by atoms with E-state index in [1.165, 1.54) is 6.92 Å². The molecule has 98 valence electrons. The Hall–Kier alpha value is -1.41. The van der Waals surface area contributed by atoms with E-state index in [0.29, 0.717) is 6.42 Å². The molecule has 4 nitrogen and oxygen atoms in total. The summed E-state index contributed by atoms with van der Waals surface area (Å²) in [7, 11) is 1.84. The average molecular weight is 268 g/mol. The van der Waals surface area contributed by atoms with Crippen LogP contribution in [0.3, 0.4) is 0 Å². The van der Waals surface area contributed by atoms with Crippen LogP contribution in [0.15, 0.2) is 30.3 Å². The molecule has 0 bridgehead atoms. The molecule has 1 aromatic rings.